The summed E-state index contributed by atoms with van der Waals surface area (Å²) in [5.41, 5.74) is 0. The molecule has 0 aliphatic rings. The number of rotatable bonds is 9. The molecule has 0 saturated heterocycles. The third-order valence-electron chi connectivity index (χ3n) is 3.73. The SMILES string of the molecule is CCC(C)NC(=O)C(F)(F)C(F)(F)C(F)(F)C(F)(F)C(=O)NC(C)CC. The van der Waals surface area contributed by atoms with Crippen LogP contribution in [0.25, 0.3) is 0 Å². The number of carbonyl (C=O) groups excluding carboxylic acids is 2. The van der Waals surface area contributed by atoms with E-state index in [0.717, 1.165) is 13.8 Å². The molecule has 0 radical (unpaired) electrons. The van der Waals surface area contributed by atoms with Crippen LogP contribution in [0.4, 0.5) is 35.1 Å². The maximum Gasteiger partial charge on any atom is 0.392 e. The summed E-state index contributed by atoms with van der Waals surface area (Å²) in [5, 5.41) is 2.64. The Hall–Kier alpha value is -1.62. The first-order valence-electron chi connectivity index (χ1n) is 7.63. The Kier molecular flexibility index (Phi) is 7.45. The molecule has 2 N–H and O–H groups in total. The van der Waals surface area contributed by atoms with Crippen LogP contribution in [0.3, 0.4) is 0 Å². The first-order valence-corrected chi connectivity index (χ1v) is 7.63. The lowest BCUT2D eigenvalue weighted by atomic mass is 9.96. The highest BCUT2D eigenvalue weighted by molar-refractivity contribution is 5.87. The first-order chi connectivity index (χ1) is 11.5. The van der Waals surface area contributed by atoms with Crippen molar-refractivity contribution in [1.82, 2.24) is 10.6 Å². The van der Waals surface area contributed by atoms with Crippen LogP contribution in [-0.4, -0.2) is 47.6 Å². The highest BCUT2D eigenvalue weighted by Crippen LogP contribution is 2.52. The fourth-order valence-electron chi connectivity index (χ4n) is 1.51. The van der Waals surface area contributed by atoms with E-state index in [1.54, 1.807) is 0 Å². The van der Waals surface area contributed by atoms with E-state index in [2.05, 4.69) is 0 Å². The van der Waals surface area contributed by atoms with Crippen molar-refractivity contribution in [2.45, 2.75) is 76.3 Å². The summed E-state index contributed by atoms with van der Waals surface area (Å²) in [6.45, 7) is 4.95. The van der Waals surface area contributed by atoms with Gasteiger partial charge in [-0.3, -0.25) is 9.59 Å². The van der Waals surface area contributed by atoms with Gasteiger partial charge in [-0.1, -0.05) is 13.8 Å². The lowest BCUT2D eigenvalue weighted by Gasteiger charge is -2.35. The van der Waals surface area contributed by atoms with Gasteiger partial charge < -0.3 is 10.6 Å². The van der Waals surface area contributed by atoms with Crippen molar-refractivity contribution in [3.05, 3.63) is 0 Å². The third kappa shape index (κ3) is 4.20. The molecule has 12 heteroatoms. The molecule has 4 nitrogen and oxygen atoms in total. The van der Waals surface area contributed by atoms with E-state index in [9.17, 15) is 44.7 Å². The molecule has 0 aromatic rings. The van der Waals surface area contributed by atoms with Crippen molar-refractivity contribution in [3.8, 4) is 0 Å². The topological polar surface area (TPSA) is 58.2 Å². The minimum Gasteiger partial charge on any atom is -0.348 e. The molecule has 2 unspecified atom stereocenters. The van der Waals surface area contributed by atoms with Gasteiger partial charge in [0.1, 0.15) is 0 Å². The molecule has 0 spiro atoms. The van der Waals surface area contributed by atoms with Gasteiger partial charge in [0.05, 0.1) is 0 Å². The van der Waals surface area contributed by atoms with Crippen molar-refractivity contribution in [3.63, 3.8) is 0 Å². The summed E-state index contributed by atoms with van der Waals surface area (Å²) in [5.74, 6) is -31.8. The van der Waals surface area contributed by atoms with E-state index in [4.69, 9.17) is 0 Å². The normalized spacial score (nSPS) is 16.0. The molecule has 0 aromatic carbocycles. The number of alkyl halides is 8. The standard InChI is InChI=1S/C14H20F8N2O2/c1-5-7(3)23-9(25)11(15,16)13(19,20)14(21,22)12(17,18)10(26)24-8(4)6-2/h7-8H,5-6H2,1-4H3,(H,23,25)(H,24,26). The maximum absolute atomic E-state index is 13.6. The highest BCUT2D eigenvalue weighted by Gasteiger charge is 2.84. The number of hydrogen-bond acceptors (Lipinski definition) is 2. The monoisotopic (exact) mass is 400 g/mol. The van der Waals surface area contributed by atoms with Gasteiger partial charge in [-0.2, -0.15) is 35.1 Å². The quantitative estimate of drug-likeness (QED) is 0.584. The lowest BCUT2D eigenvalue weighted by molar-refractivity contribution is -0.347. The van der Waals surface area contributed by atoms with Crippen molar-refractivity contribution < 1.29 is 44.7 Å². The van der Waals surface area contributed by atoms with E-state index in [1.165, 1.54) is 24.5 Å². The summed E-state index contributed by atoms with van der Waals surface area (Å²) in [6, 6.07) is -2.21. The van der Waals surface area contributed by atoms with Crippen LogP contribution in [0.1, 0.15) is 40.5 Å². The van der Waals surface area contributed by atoms with Crippen LogP contribution in [-0.2, 0) is 9.59 Å². The Morgan fingerprint density at radius 1 is 0.692 bits per heavy atom. The lowest BCUT2D eigenvalue weighted by Crippen LogP contribution is -2.69. The Labute approximate surface area is 144 Å². The first kappa shape index (κ1) is 24.4. The van der Waals surface area contributed by atoms with Crippen LogP contribution in [0.15, 0.2) is 0 Å². The van der Waals surface area contributed by atoms with Gasteiger partial charge in [0.15, 0.2) is 0 Å². The molecule has 154 valence electrons. The minimum atomic E-state index is -6.84. The van der Waals surface area contributed by atoms with E-state index in [-0.39, 0.29) is 12.8 Å². The second-order valence-corrected chi connectivity index (χ2v) is 5.86. The Balaban J connectivity index is 5.83. The Bertz CT molecular complexity index is 479. The van der Waals surface area contributed by atoms with E-state index >= 15 is 0 Å². The summed E-state index contributed by atoms with van der Waals surface area (Å²) in [4.78, 5) is 22.5. The molecule has 0 rings (SSSR count). The average molecular weight is 400 g/mol. The smallest absolute Gasteiger partial charge is 0.348 e. The summed E-state index contributed by atoms with van der Waals surface area (Å²) in [7, 11) is 0. The van der Waals surface area contributed by atoms with Crippen LogP contribution in [0, 0.1) is 0 Å². The van der Waals surface area contributed by atoms with Gasteiger partial charge in [0, 0.05) is 12.1 Å². The molecular weight excluding hydrogens is 380 g/mol. The fraction of sp³-hybridized carbons (Fsp3) is 0.857. The zero-order chi connectivity index (χ0) is 21.1. The van der Waals surface area contributed by atoms with Crippen LogP contribution in [0.5, 0.6) is 0 Å². The van der Waals surface area contributed by atoms with Crippen LogP contribution >= 0.6 is 0 Å². The highest BCUT2D eigenvalue weighted by atomic mass is 19.4. The van der Waals surface area contributed by atoms with E-state index in [1.807, 2.05) is 0 Å². The Morgan fingerprint density at radius 2 is 0.923 bits per heavy atom. The van der Waals surface area contributed by atoms with Crippen molar-refractivity contribution in [2.75, 3.05) is 0 Å². The summed E-state index contributed by atoms with van der Waals surface area (Å²) < 4.78 is 109. The molecule has 26 heavy (non-hydrogen) atoms. The maximum atomic E-state index is 13.6. The second kappa shape index (κ2) is 7.95. The van der Waals surface area contributed by atoms with E-state index < -0.39 is 47.6 Å². The summed E-state index contributed by atoms with van der Waals surface area (Å²) in [6.07, 6.45) is -0.0332. The summed E-state index contributed by atoms with van der Waals surface area (Å²) >= 11 is 0. The van der Waals surface area contributed by atoms with Gasteiger partial charge >= 0.3 is 23.7 Å². The number of hydrogen-bond donors (Lipinski definition) is 2. The van der Waals surface area contributed by atoms with Gasteiger partial charge in [-0.25, -0.2) is 0 Å². The van der Waals surface area contributed by atoms with Crippen LogP contribution < -0.4 is 10.6 Å². The molecule has 0 aliphatic carbocycles. The largest absolute Gasteiger partial charge is 0.392 e. The fourth-order valence-corrected chi connectivity index (χ4v) is 1.51. The number of nitrogens with one attached hydrogen (secondary N) is 2. The molecule has 2 amide bonds. The van der Waals surface area contributed by atoms with E-state index in [0.29, 0.717) is 0 Å². The number of carbonyl (C=O) groups is 2. The zero-order valence-corrected chi connectivity index (χ0v) is 14.4. The van der Waals surface area contributed by atoms with Crippen LogP contribution in [0.2, 0.25) is 0 Å². The predicted octanol–water partition coefficient (Wildman–Crippen LogP) is 3.36. The molecular formula is C14H20F8N2O2. The Morgan fingerprint density at radius 3 is 1.12 bits per heavy atom. The van der Waals surface area contributed by atoms with Gasteiger partial charge in [-0.05, 0) is 26.7 Å². The average Bonchev–Trinajstić information content (AvgIpc) is 2.53. The molecule has 0 bridgehead atoms. The van der Waals surface area contributed by atoms with Crippen molar-refractivity contribution >= 4 is 11.8 Å². The van der Waals surface area contributed by atoms with Gasteiger partial charge in [0.25, 0.3) is 11.8 Å². The molecule has 0 aromatic heterocycles. The minimum absolute atomic E-state index is 0.0166. The predicted molar refractivity (Wildman–Crippen MR) is 75.6 cm³/mol. The van der Waals surface area contributed by atoms with Gasteiger partial charge in [0.2, 0.25) is 0 Å². The second-order valence-electron chi connectivity index (χ2n) is 5.86. The third-order valence-corrected chi connectivity index (χ3v) is 3.73. The number of halogens is 8. The molecule has 2 atom stereocenters. The molecule has 0 fully saturated rings. The van der Waals surface area contributed by atoms with Gasteiger partial charge in [-0.15, -0.1) is 0 Å². The molecule has 0 saturated carbocycles. The zero-order valence-electron chi connectivity index (χ0n) is 14.4. The van der Waals surface area contributed by atoms with Crippen molar-refractivity contribution in [1.29, 1.82) is 0 Å². The van der Waals surface area contributed by atoms with Crippen molar-refractivity contribution in [2.24, 2.45) is 0 Å². The molecule has 0 aliphatic heterocycles. The number of amides is 2. The molecule has 0 heterocycles.